The first-order valence-corrected chi connectivity index (χ1v) is 9.45. The SMILES string of the molecule is CC(C)(C)C(=O)N1CSCC1C(=O)NC1CC2CCC(C1)N2.Cl. The first kappa shape index (κ1) is 18.9. The van der Waals surface area contributed by atoms with Crippen molar-refractivity contribution in [1.29, 1.82) is 0 Å². The molecule has 0 saturated carbocycles. The highest BCUT2D eigenvalue weighted by molar-refractivity contribution is 7.99. The van der Waals surface area contributed by atoms with Crippen molar-refractivity contribution in [3.05, 3.63) is 0 Å². The van der Waals surface area contributed by atoms with Crippen LogP contribution >= 0.6 is 24.2 Å². The Hall–Kier alpha value is -0.460. The second-order valence-electron chi connectivity index (χ2n) is 7.86. The molecule has 5 nitrogen and oxygen atoms in total. The van der Waals surface area contributed by atoms with Crippen molar-refractivity contribution in [2.24, 2.45) is 5.41 Å². The summed E-state index contributed by atoms with van der Waals surface area (Å²) >= 11 is 1.67. The second-order valence-corrected chi connectivity index (χ2v) is 8.86. The summed E-state index contributed by atoms with van der Waals surface area (Å²) in [7, 11) is 0. The Morgan fingerprint density at radius 2 is 1.78 bits per heavy atom. The minimum absolute atomic E-state index is 0. The number of amides is 2. The molecule has 0 aromatic carbocycles. The van der Waals surface area contributed by atoms with E-state index in [1.165, 1.54) is 12.8 Å². The van der Waals surface area contributed by atoms with Crippen molar-refractivity contribution >= 4 is 36.0 Å². The van der Waals surface area contributed by atoms with E-state index < -0.39 is 5.41 Å². The third kappa shape index (κ3) is 4.15. The summed E-state index contributed by atoms with van der Waals surface area (Å²) in [5.74, 6) is 1.45. The van der Waals surface area contributed by atoms with E-state index in [9.17, 15) is 9.59 Å². The summed E-state index contributed by atoms with van der Waals surface area (Å²) in [5, 5.41) is 6.80. The van der Waals surface area contributed by atoms with Gasteiger partial charge in [-0.15, -0.1) is 24.2 Å². The van der Waals surface area contributed by atoms with E-state index in [2.05, 4.69) is 10.6 Å². The third-order valence-electron chi connectivity index (χ3n) is 4.91. The van der Waals surface area contributed by atoms with E-state index in [0.717, 1.165) is 12.8 Å². The van der Waals surface area contributed by atoms with Crippen molar-refractivity contribution in [1.82, 2.24) is 15.5 Å². The Balaban J connectivity index is 0.00000192. The third-order valence-corrected chi connectivity index (χ3v) is 5.92. The smallest absolute Gasteiger partial charge is 0.243 e. The normalized spacial score (nSPS) is 33.3. The molecular weight excluding hydrogens is 334 g/mol. The molecule has 0 aromatic rings. The molecule has 3 fully saturated rings. The highest BCUT2D eigenvalue weighted by atomic mass is 35.5. The van der Waals surface area contributed by atoms with Gasteiger partial charge in [-0.2, -0.15) is 0 Å². The van der Waals surface area contributed by atoms with Crippen LogP contribution in [0.25, 0.3) is 0 Å². The first-order valence-electron chi connectivity index (χ1n) is 8.30. The number of fused-ring (bicyclic) bond motifs is 2. The molecule has 3 heterocycles. The minimum atomic E-state index is -0.433. The molecule has 0 spiro atoms. The molecule has 2 amide bonds. The highest BCUT2D eigenvalue weighted by Crippen LogP contribution is 2.29. The van der Waals surface area contributed by atoms with Crippen LogP contribution in [0.5, 0.6) is 0 Å². The first-order chi connectivity index (χ1) is 10.3. The van der Waals surface area contributed by atoms with E-state index in [1.54, 1.807) is 16.7 Å². The lowest BCUT2D eigenvalue weighted by molar-refractivity contribution is -0.144. The van der Waals surface area contributed by atoms with Gasteiger partial charge < -0.3 is 15.5 Å². The summed E-state index contributed by atoms with van der Waals surface area (Å²) < 4.78 is 0. The zero-order chi connectivity index (χ0) is 15.9. The fraction of sp³-hybridized carbons (Fsp3) is 0.875. The lowest BCUT2D eigenvalue weighted by atomic mass is 9.94. The van der Waals surface area contributed by atoms with Gasteiger partial charge >= 0.3 is 0 Å². The predicted octanol–water partition coefficient (Wildman–Crippen LogP) is 1.75. The van der Waals surface area contributed by atoms with E-state index >= 15 is 0 Å². The zero-order valence-electron chi connectivity index (χ0n) is 14.1. The molecule has 0 radical (unpaired) electrons. The standard InChI is InChI=1S/C16H27N3O2S.ClH/c1-16(2,3)15(21)19-9-22-8-13(19)14(20)18-12-6-10-4-5-11(7-12)17-10;/h10-13,17H,4-9H2,1-3H3,(H,18,20);1H. The van der Waals surface area contributed by atoms with Gasteiger partial charge in [0, 0.05) is 29.3 Å². The average Bonchev–Trinajstić information content (AvgIpc) is 3.03. The summed E-state index contributed by atoms with van der Waals surface area (Å²) in [5.41, 5.74) is -0.433. The summed E-state index contributed by atoms with van der Waals surface area (Å²) in [6.45, 7) is 5.74. The molecule has 7 heteroatoms. The van der Waals surface area contributed by atoms with Crippen molar-refractivity contribution in [3.63, 3.8) is 0 Å². The van der Waals surface area contributed by atoms with Crippen LogP contribution in [0, 0.1) is 5.41 Å². The van der Waals surface area contributed by atoms with Crippen LogP contribution in [0.1, 0.15) is 46.5 Å². The van der Waals surface area contributed by atoms with Crippen LogP contribution in [-0.2, 0) is 9.59 Å². The van der Waals surface area contributed by atoms with Crippen LogP contribution in [0.3, 0.4) is 0 Å². The molecule has 3 unspecified atom stereocenters. The highest BCUT2D eigenvalue weighted by Gasteiger charge is 2.41. The predicted molar refractivity (Wildman–Crippen MR) is 95.8 cm³/mol. The number of hydrogen-bond donors (Lipinski definition) is 2. The summed E-state index contributed by atoms with van der Waals surface area (Å²) in [4.78, 5) is 26.9. The lowest BCUT2D eigenvalue weighted by Gasteiger charge is -2.33. The lowest BCUT2D eigenvalue weighted by Crippen LogP contribution is -2.55. The van der Waals surface area contributed by atoms with Crippen LogP contribution < -0.4 is 10.6 Å². The second kappa shape index (κ2) is 7.19. The molecule has 132 valence electrons. The Kier molecular flexibility index (Phi) is 5.90. The molecule has 23 heavy (non-hydrogen) atoms. The molecule has 3 aliphatic rings. The van der Waals surface area contributed by atoms with Crippen LogP contribution in [-0.4, -0.2) is 52.5 Å². The van der Waals surface area contributed by atoms with E-state index in [0.29, 0.717) is 23.7 Å². The van der Waals surface area contributed by atoms with Crippen molar-refractivity contribution < 1.29 is 9.59 Å². The Labute approximate surface area is 149 Å². The Bertz CT molecular complexity index is 457. The zero-order valence-corrected chi connectivity index (χ0v) is 15.8. The molecule has 0 aliphatic carbocycles. The number of nitrogens with one attached hydrogen (secondary N) is 2. The molecular formula is C16H28ClN3O2S. The van der Waals surface area contributed by atoms with Crippen LogP contribution in [0.15, 0.2) is 0 Å². The van der Waals surface area contributed by atoms with E-state index in [-0.39, 0.29) is 36.3 Å². The van der Waals surface area contributed by atoms with Gasteiger partial charge in [-0.05, 0) is 25.7 Å². The van der Waals surface area contributed by atoms with E-state index in [4.69, 9.17) is 0 Å². The summed E-state index contributed by atoms with van der Waals surface area (Å²) in [6, 6.07) is 1.09. The fourth-order valence-corrected chi connectivity index (χ4v) is 4.92. The maximum atomic E-state index is 12.7. The van der Waals surface area contributed by atoms with E-state index in [1.807, 2.05) is 20.8 Å². The molecule has 3 atom stereocenters. The molecule has 2 bridgehead atoms. The van der Waals surface area contributed by atoms with Gasteiger partial charge in [0.2, 0.25) is 11.8 Å². The van der Waals surface area contributed by atoms with Crippen LogP contribution in [0.2, 0.25) is 0 Å². The minimum Gasteiger partial charge on any atom is -0.351 e. The quantitative estimate of drug-likeness (QED) is 0.786. The van der Waals surface area contributed by atoms with Gasteiger partial charge in [-0.1, -0.05) is 20.8 Å². The fourth-order valence-electron chi connectivity index (χ4n) is 3.76. The number of carbonyl (C=O) groups excluding carboxylic acids is 2. The number of piperidine rings is 1. The monoisotopic (exact) mass is 361 g/mol. The Morgan fingerprint density at radius 1 is 1.17 bits per heavy atom. The number of carbonyl (C=O) groups is 2. The number of thioether (sulfide) groups is 1. The summed E-state index contributed by atoms with van der Waals surface area (Å²) in [6.07, 6.45) is 4.50. The van der Waals surface area contributed by atoms with Gasteiger partial charge in [0.25, 0.3) is 0 Å². The maximum absolute atomic E-state index is 12.7. The molecule has 3 rings (SSSR count). The van der Waals surface area contributed by atoms with Crippen molar-refractivity contribution in [2.45, 2.75) is 70.6 Å². The molecule has 3 saturated heterocycles. The van der Waals surface area contributed by atoms with Gasteiger partial charge in [-0.25, -0.2) is 0 Å². The number of hydrogen-bond acceptors (Lipinski definition) is 4. The molecule has 0 aromatic heterocycles. The van der Waals surface area contributed by atoms with Crippen molar-refractivity contribution in [3.8, 4) is 0 Å². The maximum Gasteiger partial charge on any atom is 0.243 e. The number of nitrogens with zero attached hydrogens (tertiary/aromatic N) is 1. The Morgan fingerprint density at radius 3 is 2.35 bits per heavy atom. The molecule has 2 N–H and O–H groups in total. The topological polar surface area (TPSA) is 61.4 Å². The van der Waals surface area contributed by atoms with Gasteiger partial charge in [-0.3, -0.25) is 9.59 Å². The van der Waals surface area contributed by atoms with Crippen molar-refractivity contribution in [2.75, 3.05) is 11.6 Å². The number of halogens is 1. The van der Waals surface area contributed by atoms with Crippen LogP contribution in [0.4, 0.5) is 0 Å². The van der Waals surface area contributed by atoms with Gasteiger partial charge in [0.15, 0.2) is 0 Å². The van der Waals surface area contributed by atoms with Gasteiger partial charge in [0.1, 0.15) is 6.04 Å². The largest absolute Gasteiger partial charge is 0.351 e. The average molecular weight is 362 g/mol. The van der Waals surface area contributed by atoms with Gasteiger partial charge in [0.05, 0.1) is 5.88 Å². The molecule has 3 aliphatic heterocycles. The number of rotatable bonds is 2.